The Bertz CT molecular complexity index is 789. The third-order valence-corrected chi connectivity index (χ3v) is 6.10. The second kappa shape index (κ2) is 9.31. The van der Waals surface area contributed by atoms with E-state index in [4.69, 9.17) is 0 Å². The fraction of sp³-hybridized carbons (Fsp3) is 0.545. The molecule has 4 rings (SSSR count). The van der Waals surface area contributed by atoms with Crippen molar-refractivity contribution in [2.45, 2.75) is 45.2 Å². The number of amides is 1. The molecular formula is C22H30N6O. The second-order valence-electron chi connectivity index (χ2n) is 8.16. The zero-order valence-corrected chi connectivity index (χ0v) is 17.1. The molecule has 4 heterocycles. The number of carbonyl (C=O) groups excluding carboxylic acids is 1. The van der Waals surface area contributed by atoms with E-state index in [1.54, 1.807) is 12.4 Å². The van der Waals surface area contributed by atoms with Gasteiger partial charge in [-0.05, 0) is 62.9 Å². The topological polar surface area (TPSA) is 74.2 Å². The molecule has 154 valence electrons. The van der Waals surface area contributed by atoms with Crippen LogP contribution in [-0.4, -0.2) is 58.2 Å². The minimum atomic E-state index is 0.0846. The summed E-state index contributed by atoms with van der Waals surface area (Å²) in [6, 6.07) is 8.53. The summed E-state index contributed by atoms with van der Waals surface area (Å²) in [5, 5.41) is 11.6. The predicted octanol–water partition coefficient (Wildman–Crippen LogP) is 2.18. The Morgan fingerprint density at radius 1 is 1.14 bits per heavy atom. The van der Waals surface area contributed by atoms with Gasteiger partial charge >= 0.3 is 0 Å². The summed E-state index contributed by atoms with van der Waals surface area (Å²) in [6.45, 7) is 6.48. The van der Waals surface area contributed by atoms with Crippen LogP contribution in [0.25, 0.3) is 0 Å². The van der Waals surface area contributed by atoms with Crippen LogP contribution in [0.3, 0.4) is 0 Å². The normalized spacial score (nSPS) is 21.1. The van der Waals surface area contributed by atoms with Crippen molar-refractivity contribution < 1.29 is 4.79 Å². The highest BCUT2D eigenvalue weighted by Gasteiger charge is 2.31. The number of aryl methyl sites for hydroxylation is 1. The summed E-state index contributed by atoms with van der Waals surface area (Å²) < 4.78 is 0. The van der Waals surface area contributed by atoms with Gasteiger partial charge in [0.05, 0.1) is 11.6 Å². The first-order valence-corrected chi connectivity index (χ1v) is 10.6. The molecule has 2 aliphatic heterocycles. The third-order valence-electron chi connectivity index (χ3n) is 6.10. The predicted molar refractivity (Wildman–Crippen MR) is 112 cm³/mol. The van der Waals surface area contributed by atoms with Crippen LogP contribution in [0, 0.1) is 12.8 Å². The Morgan fingerprint density at radius 3 is 2.72 bits per heavy atom. The van der Waals surface area contributed by atoms with E-state index >= 15 is 0 Å². The van der Waals surface area contributed by atoms with Crippen LogP contribution in [0.1, 0.15) is 36.9 Å². The van der Waals surface area contributed by atoms with Gasteiger partial charge in [-0.1, -0.05) is 6.07 Å². The van der Waals surface area contributed by atoms with Crippen molar-refractivity contribution >= 4 is 11.7 Å². The lowest BCUT2D eigenvalue weighted by Gasteiger charge is -2.42. The number of piperidine rings is 2. The molecule has 1 atom stereocenters. The van der Waals surface area contributed by atoms with E-state index in [1.165, 1.54) is 0 Å². The van der Waals surface area contributed by atoms with E-state index in [2.05, 4.69) is 36.4 Å². The van der Waals surface area contributed by atoms with Gasteiger partial charge in [0.1, 0.15) is 0 Å². The summed E-state index contributed by atoms with van der Waals surface area (Å²) in [5.74, 6) is 1.23. The molecule has 2 aliphatic rings. The molecule has 0 spiro atoms. The largest absolute Gasteiger partial charge is 0.355 e. The van der Waals surface area contributed by atoms with Crippen molar-refractivity contribution in [3.05, 3.63) is 47.9 Å². The van der Waals surface area contributed by atoms with Gasteiger partial charge in [-0.3, -0.25) is 14.7 Å². The minimum absolute atomic E-state index is 0.0846. The summed E-state index contributed by atoms with van der Waals surface area (Å²) in [4.78, 5) is 21.7. The van der Waals surface area contributed by atoms with Crippen LogP contribution in [0.5, 0.6) is 0 Å². The van der Waals surface area contributed by atoms with Crippen LogP contribution >= 0.6 is 0 Å². The average molecular weight is 395 g/mol. The molecule has 2 saturated heterocycles. The SMILES string of the molecule is Cc1ccc(N2CCC(N3CCCC(C(=O)NCc4cccnc4)C3)CC2)nn1. The molecule has 1 N–H and O–H groups in total. The Balaban J connectivity index is 1.26. The Labute approximate surface area is 172 Å². The number of pyridine rings is 1. The number of nitrogens with zero attached hydrogens (tertiary/aromatic N) is 5. The molecule has 0 aromatic carbocycles. The summed E-state index contributed by atoms with van der Waals surface area (Å²) in [5.41, 5.74) is 1.99. The molecule has 1 unspecified atom stereocenters. The first-order valence-electron chi connectivity index (χ1n) is 10.6. The lowest BCUT2D eigenvalue weighted by Crippen LogP contribution is -2.50. The van der Waals surface area contributed by atoms with Gasteiger partial charge < -0.3 is 10.2 Å². The van der Waals surface area contributed by atoms with Crippen LogP contribution in [0.2, 0.25) is 0 Å². The van der Waals surface area contributed by atoms with E-state index in [0.29, 0.717) is 12.6 Å². The highest BCUT2D eigenvalue weighted by Crippen LogP contribution is 2.25. The number of anilines is 1. The fourth-order valence-electron chi connectivity index (χ4n) is 4.41. The molecule has 0 bridgehead atoms. The Morgan fingerprint density at radius 2 is 2.00 bits per heavy atom. The molecule has 2 aromatic rings. The molecular weight excluding hydrogens is 364 g/mol. The number of hydrogen-bond donors (Lipinski definition) is 1. The second-order valence-corrected chi connectivity index (χ2v) is 8.16. The van der Waals surface area contributed by atoms with Crippen molar-refractivity contribution in [2.24, 2.45) is 5.92 Å². The number of aromatic nitrogens is 3. The quantitative estimate of drug-likeness (QED) is 0.838. The van der Waals surface area contributed by atoms with Crippen molar-refractivity contribution in [1.29, 1.82) is 0 Å². The van der Waals surface area contributed by atoms with Crippen molar-refractivity contribution in [2.75, 3.05) is 31.1 Å². The third kappa shape index (κ3) is 5.09. The van der Waals surface area contributed by atoms with Gasteiger partial charge in [0.15, 0.2) is 5.82 Å². The van der Waals surface area contributed by atoms with Crippen molar-refractivity contribution in [3.8, 4) is 0 Å². The summed E-state index contributed by atoms with van der Waals surface area (Å²) in [6.07, 6.45) is 7.85. The first kappa shape index (κ1) is 19.8. The molecule has 0 aliphatic carbocycles. The number of carbonyl (C=O) groups is 1. The van der Waals surface area contributed by atoms with Gasteiger partial charge in [-0.15, -0.1) is 5.10 Å². The Hall–Kier alpha value is -2.54. The molecule has 7 heteroatoms. The van der Waals surface area contributed by atoms with E-state index < -0.39 is 0 Å². The summed E-state index contributed by atoms with van der Waals surface area (Å²) >= 11 is 0. The number of rotatable bonds is 5. The zero-order chi connectivity index (χ0) is 20.1. The smallest absolute Gasteiger partial charge is 0.224 e. The van der Waals surface area contributed by atoms with E-state index in [-0.39, 0.29) is 11.8 Å². The molecule has 7 nitrogen and oxygen atoms in total. The number of nitrogens with one attached hydrogen (secondary N) is 1. The van der Waals surface area contributed by atoms with Crippen molar-refractivity contribution in [1.82, 2.24) is 25.4 Å². The standard InChI is InChI=1S/C22H30N6O/c1-17-6-7-21(26-25-17)27-12-8-20(9-13-27)28-11-3-5-19(16-28)22(29)24-15-18-4-2-10-23-14-18/h2,4,6-7,10,14,19-20H,3,5,8-9,11-13,15-16H2,1H3,(H,24,29). The average Bonchev–Trinajstić information content (AvgIpc) is 2.79. The van der Waals surface area contributed by atoms with Gasteiger partial charge in [0, 0.05) is 44.6 Å². The monoisotopic (exact) mass is 394 g/mol. The highest BCUT2D eigenvalue weighted by molar-refractivity contribution is 5.78. The van der Waals surface area contributed by atoms with Crippen molar-refractivity contribution in [3.63, 3.8) is 0 Å². The van der Waals surface area contributed by atoms with Gasteiger partial charge in [0.2, 0.25) is 5.91 Å². The van der Waals surface area contributed by atoms with Crippen LogP contribution in [-0.2, 0) is 11.3 Å². The molecule has 1 amide bonds. The van der Waals surface area contributed by atoms with Crippen LogP contribution in [0.15, 0.2) is 36.7 Å². The number of likely N-dealkylation sites (tertiary alicyclic amines) is 1. The fourth-order valence-corrected chi connectivity index (χ4v) is 4.41. The van der Waals surface area contributed by atoms with Gasteiger partial charge in [-0.25, -0.2) is 0 Å². The lowest BCUT2D eigenvalue weighted by atomic mass is 9.93. The Kier molecular flexibility index (Phi) is 6.34. The minimum Gasteiger partial charge on any atom is -0.355 e. The first-order chi connectivity index (χ1) is 14.2. The lowest BCUT2D eigenvalue weighted by molar-refractivity contribution is -0.127. The van der Waals surface area contributed by atoms with E-state index in [9.17, 15) is 4.79 Å². The van der Waals surface area contributed by atoms with Gasteiger partial charge in [-0.2, -0.15) is 5.10 Å². The molecule has 0 radical (unpaired) electrons. The van der Waals surface area contributed by atoms with E-state index in [1.807, 2.05) is 25.1 Å². The molecule has 2 aromatic heterocycles. The van der Waals surface area contributed by atoms with E-state index in [0.717, 1.165) is 68.9 Å². The highest BCUT2D eigenvalue weighted by atomic mass is 16.1. The summed E-state index contributed by atoms with van der Waals surface area (Å²) in [7, 11) is 0. The molecule has 0 saturated carbocycles. The molecule has 29 heavy (non-hydrogen) atoms. The molecule has 2 fully saturated rings. The zero-order valence-electron chi connectivity index (χ0n) is 17.1. The van der Waals surface area contributed by atoms with Gasteiger partial charge in [0.25, 0.3) is 0 Å². The maximum absolute atomic E-state index is 12.7. The number of hydrogen-bond acceptors (Lipinski definition) is 6. The van der Waals surface area contributed by atoms with Crippen LogP contribution in [0.4, 0.5) is 5.82 Å². The maximum Gasteiger partial charge on any atom is 0.224 e. The maximum atomic E-state index is 12.7. The van der Waals surface area contributed by atoms with Crippen LogP contribution < -0.4 is 10.2 Å².